The van der Waals surface area contributed by atoms with Crippen molar-refractivity contribution in [1.82, 2.24) is 5.32 Å². The van der Waals surface area contributed by atoms with Gasteiger partial charge in [0.25, 0.3) is 0 Å². The molecule has 0 saturated carbocycles. The summed E-state index contributed by atoms with van der Waals surface area (Å²) in [5, 5.41) is 6.09. The van der Waals surface area contributed by atoms with Gasteiger partial charge in [0.05, 0.1) is 5.92 Å². The first-order valence-corrected chi connectivity index (χ1v) is 7.69. The molecule has 128 valence electrons. The Morgan fingerprint density at radius 1 is 1.25 bits per heavy atom. The first-order valence-electron chi connectivity index (χ1n) is 7.69. The van der Waals surface area contributed by atoms with Crippen LogP contribution >= 0.6 is 12.4 Å². The molecule has 0 aliphatic carbocycles. The number of hydrogen-bond acceptors (Lipinski definition) is 3. The summed E-state index contributed by atoms with van der Waals surface area (Å²) >= 11 is 0. The van der Waals surface area contributed by atoms with Gasteiger partial charge in [-0.25, -0.2) is 4.39 Å². The summed E-state index contributed by atoms with van der Waals surface area (Å²) in [4.78, 5) is 12.1. The Balaban J connectivity index is 0.00000208. The van der Waals surface area contributed by atoms with Crippen molar-refractivity contribution in [2.45, 2.75) is 13.0 Å². The van der Waals surface area contributed by atoms with Crippen LogP contribution in [0.2, 0.25) is 0 Å². The molecule has 0 spiro atoms. The SMILES string of the molecule is Cl.O=C(Nc1cccc(OCc2cccc(F)c2)c1)C1CCNC1. The molecule has 1 aliphatic rings. The molecule has 0 bridgehead atoms. The largest absolute Gasteiger partial charge is 0.489 e. The van der Waals surface area contributed by atoms with Crippen LogP contribution in [-0.4, -0.2) is 19.0 Å². The number of amides is 1. The van der Waals surface area contributed by atoms with Crippen molar-refractivity contribution in [3.63, 3.8) is 0 Å². The van der Waals surface area contributed by atoms with Crippen LogP contribution in [0.1, 0.15) is 12.0 Å². The summed E-state index contributed by atoms with van der Waals surface area (Å²) in [7, 11) is 0. The second-order valence-electron chi connectivity index (χ2n) is 5.63. The van der Waals surface area contributed by atoms with E-state index in [2.05, 4.69) is 10.6 Å². The van der Waals surface area contributed by atoms with Gasteiger partial charge in [-0.05, 0) is 42.8 Å². The molecular formula is C18H20ClFN2O2. The maximum Gasteiger partial charge on any atom is 0.228 e. The fourth-order valence-corrected chi connectivity index (χ4v) is 2.58. The number of anilines is 1. The molecule has 2 aromatic carbocycles. The first kappa shape index (κ1) is 18.2. The molecule has 4 nitrogen and oxygen atoms in total. The van der Waals surface area contributed by atoms with Gasteiger partial charge in [-0.2, -0.15) is 0 Å². The fraction of sp³-hybridized carbons (Fsp3) is 0.278. The Morgan fingerprint density at radius 2 is 2.08 bits per heavy atom. The highest BCUT2D eigenvalue weighted by molar-refractivity contribution is 5.93. The van der Waals surface area contributed by atoms with E-state index in [0.717, 1.165) is 25.1 Å². The minimum atomic E-state index is -0.280. The van der Waals surface area contributed by atoms with Gasteiger partial charge in [0.1, 0.15) is 18.2 Å². The van der Waals surface area contributed by atoms with E-state index >= 15 is 0 Å². The first-order chi connectivity index (χ1) is 11.2. The summed E-state index contributed by atoms with van der Waals surface area (Å²) < 4.78 is 18.8. The Hall–Kier alpha value is -2.11. The summed E-state index contributed by atoms with van der Waals surface area (Å²) in [5.41, 5.74) is 1.47. The molecular weight excluding hydrogens is 331 g/mol. The highest BCUT2D eigenvalue weighted by Crippen LogP contribution is 2.20. The van der Waals surface area contributed by atoms with E-state index in [1.165, 1.54) is 12.1 Å². The fourth-order valence-electron chi connectivity index (χ4n) is 2.58. The Morgan fingerprint density at radius 3 is 2.83 bits per heavy atom. The average Bonchev–Trinajstić information content (AvgIpc) is 3.08. The van der Waals surface area contributed by atoms with E-state index in [0.29, 0.717) is 11.4 Å². The zero-order chi connectivity index (χ0) is 16.1. The molecule has 1 heterocycles. The molecule has 1 amide bonds. The third-order valence-corrected chi connectivity index (χ3v) is 3.83. The van der Waals surface area contributed by atoms with Crippen molar-refractivity contribution in [1.29, 1.82) is 0 Å². The van der Waals surface area contributed by atoms with Crippen molar-refractivity contribution in [2.24, 2.45) is 5.92 Å². The number of benzene rings is 2. The third kappa shape index (κ3) is 4.94. The molecule has 2 N–H and O–H groups in total. The molecule has 24 heavy (non-hydrogen) atoms. The Bertz CT molecular complexity index is 690. The molecule has 0 radical (unpaired) electrons. The summed E-state index contributed by atoms with van der Waals surface area (Å²) in [6.45, 7) is 1.89. The standard InChI is InChI=1S/C18H19FN2O2.ClH/c19-15-4-1-3-13(9-15)12-23-17-6-2-5-16(10-17)21-18(22)14-7-8-20-11-14;/h1-6,9-10,14,20H,7-8,11-12H2,(H,21,22);1H. The minimum absolute atomic E-state index is 0. The van der Waals surface area contributed by atoms with E-state index < -0.39 is 0 Å². The van der Waals surface area contributed by atoms with Crippen LogP contribution in [0.3, 0.4) is 0 Å². The number of hydrogen-bond donors (Lipinski definition) is 2. The van der Waals surface area contributed by atoms with Crippen molar-refractivity contribution in [2.75, 3.05) is 18.4 Å². The van der Waals surface area contributed by atoms with Gasteiger partial charge in [0.15, 0.2) is 0 Å². The molecule has 1 unspecified atom stereocenters. The molecule has 2 aromatic rings. The van der Waals surface area contributed by atoms with E-state index in [1.54, 1.807) is 12.1 Å². The van der Waals surface area contributed by atoms with Crippen molar-refractivity contribution >= 4 is 24.0 Å². The van der Waals surface area contributed by atoms with E-state index in [4.69, 9.17) is 4.74 Å². The number of ether oxygens (including phenoxy) is 1. The lowest BCUT2D eigenvalue weighted by atomic mass is 10.1. The lowest BCUT2D eigenvalue weighted by Gasteiger charge is -2.12. The van der Waals surface area contributed by atoms with Crippen LogP contribution in [-0.2, 0) is 11.4 Å². The molecule has 1 atom stereocenters. The van der Waals surface area contributed by atoms with Crippen molar-refractivity contribution in [3.05, 3.63) is 59.9 Å². The summed E-state index contributed by atoms with van der Waals surface area (Å²) in [5.74, 6) is 0.401. The maximum atomic E-state index is 13.1. The van der Waals surface area contributed by atoms with Gasteiger partial charge in [-0.15, -0.1) is 12.4 Å². The molecule has 3 rings (SSSR count). The zero-order valence-electron chi connectivity index (χ0n) is 13.1. The predicted octanol–water partition coefficient (Wildman–Crippen LogP) is 3.37. The second-order valence-corrected chi connectivity index (χ2v) is 5.63. The topological polar surface area (TPSA) is 50.4 Å². The number of carbonyl (C=O) groups excluding carboxylic acids is 1. The highest BCUT2D eigenvalue weighted by Gasteiger charge is 2.22. The highest BCUT2D eigenvalue weighted by atomic mass is 35.5. The van der Waals surface area contributed by atoms with E-state index in [-0.39, 0.29) is 36.7 Å². The number of rotatable bonds is 5. The van der Waals surface area contributed by atoms with E-state index in [1.807, 2.05) is 24.3 Å². The van der Waals surface area contributed by atoms with Gasteiger partial charge in [-0.1, -0.05) is 18.2 Å². The quantitative estimate of drug-likeness (QED) is 0.869. The van der Waals surface area contributed by atoms with Crippen LogP contribution in [0.5, 0.6) is 5.75 Å². The number of halogens is 2. The number of nitrogens with one attached hydrogen (secondary N) is 2. The molecule has 0 aromatic heterocycles. The van der Waals surface area contributed by atoms with Gasteiger partial charge < -0.3 is 15.4 Å². The van der Waals surface area contributed by atoms with Crippen LogP contribution < -0.4 is 15.4 Å². The normalized spacial score (nSPS) is 16.3. The van der Waals surface area contributed by atoms with Gasteiger partial charge in [-0.3, -0.25) is 4.79 Å². The summed E-state index contributed by atoms with van der Waals surface area (Å²) in [6, 6.07) is 13.5. The smallest absolute Gasteiger partial charge is 0.228 e. The van der Waals surface area contributed by atoms with Crippen molar-refractivity contribution < 1.29 is 13.9 Å². The lowest BCUT2D eigenvalue weighted by Crippen LogP contribution is -2.24. The van der Waals surface area contributed by atoms with Crippen LogP contribution in [0.4, 0.5) is 10.1 Å². The van der Waals surface area contributed by atoms with Gasteiger partial charge >= 0.3 is 0 Å². The summed E-state index contributed by atoms with van der Waals surface area (Å²) in [6.07, 6.45) is 0.863. The zero-order valence-corrected chi connectivity index (χ0v) is 13.9. The molecule has 1 saturated heterocycles. The minimum Gasteiger partial charge on any atom is -0.489 e. The van der Waals surface area contributed by atoms with E-state index in [9.17, 15) is 9.18 Å². The Kier molecular flexibility index (Phi) is 6.58. The van der Waals surface area contributed by atoms with Crippen LogP contribution in [0.25, 0.3) is 0 Å². The molecule has 6 heteroatoms. The molecule has 1 aliphatic heterocycles. The average molecular weight is 351 g/mol. The van der Waals surface area contributed by atoms with Crippen LogP contribution in [0, 0.1) is 11.7 Å². The Labute approximate surface area is 146 Å². The number of carbonyl (C=O) groups is 1. The molecule has 1 fully saturated rings. The third-order valence-electron chi connectivity index (χ3n) is 3.83. The lowest BCUT2D eigenvalue weighted by molar-refractivity contribution is -0.119. The van der Waals surface area contributed by atoms with Gasteiger partial charge in [0, 0.05) is 18.3 Å². The monoisotopic (exact) mass is 350 g/mol. The van der Waals surface area contributed by atoms with Crippen molar-refractivity contribution in [3.8, 4) is 5.75 Å². The van der Waals surface area contributed by atoms with Crippen LogP contribution in [0.15, 0.2) is 48.5 Å². The maximum absolute atomic E-state index is 13.1. The second kappa shape index (κ2) is 8.66. The van der Waals surface area contributed by atoms with Gasteiger partial charge in [0.2, 0.25) is 5.91 Å². The predicted molar refractivity (Wildman–Crippen MR) is 94.0 cm³/mol.